The molecule has 2 aromatic rings. The van der Waals surface area contributed by atoms with Crippen LogP contribution in [-0.2, 0) is 0 Å². The number of aliphatic hydroxyl groups is 1. The normalized spacial score (nSPS) is 22.0. The van der Waals surface area contributed by atoms with Crippen LogP contribution >= 0.6 is 0 Å². The van der Waals surface area contributed by atoms with Gasteiger partial charge in [-0.3, -0.25) is 9.78 Å². The lowest BCUT2D eigenvalue weighted by Gasteiger charge is -2.37. The number of hydrogen-bond donors (Lipinski definition) is 2. The molecule has 0 bridgehead atoms. The molecule has 2 heterocycles. The molecule has 1 aliphatic rings. The Labute approximate surface area is 129 Å². The SMILES string of the molecule is Cc1cc(C(=O)NC(c2ccccn2)C2CC(O)C2)c(C)o1. The first-order valence-electron chi connectivity index (χ1n) is 7.51. The maximum Gasteiger partial charge on any atom is 0.255 e. The maximum absolute atomic E-state index is 12.5. The van der Waals surface area contributed by atoms with Crippen molar-refractivity contribution in [2.45, 2.75) is 38.8 Å². The summed E-state index contributed by atoms with van der Waals surface area (Å²) in [4.78, 5) is 16.9. The van der Waals surface area contributed by atoms with E-state index < -0.39 is 0 Å². The first-order valence-corrected chi connectivity index (χ1v) is 7.51. The van der Waals surface area contributed by atoms with Crippen molar-refractivity contribution in [1.82, 2.24) is 10.3 Å². The van der Waals surface area contributed by atoms with Crippen molar-refractivity contribution in [3.05, 3.63) is 53.2 Å². The quantitative estimate of drug-likeness (QED) is 0.910. The van der Waals surface area contributed by atoms with Crippen LogP contribution in [0.3, 0.4) is 0 Å². The number of aliphatic hydroxyl groups excluding tert-OH is 1. The van der Waals surface area contributed by atoms with Crippen LogP contribution in [0.25, 0.3) is 0 Å². The third kappa shape index (κ3) is 2.90. The molecule has 1 aliphatic carbocycles. The van der Waals surface area contributed by atoms with Gasteiger partial charge < -0.3 is 14.8 Å². The molecule has 0 spiro atoms. The highest BCUT2D eigenvalue weighted by Gasteiger charge is 2.36. The zero-order valence-electron chi connectivity index (χ0n) is 12.7. The van der Waals surface area contributed by atoms with E-state index in [1.165, 1.54) is 0 Å². The van der Waals surface area contributed by atoms with Gasteiger partial charge in [0.15, 0.2) is 0 Å². The van der Waals surface area contributed by atoms with Crippen LogP contribution in [0.15, 0.2) is 34.9 Å². The largest absolute Gasteiger partial charge is 0.466 e. The summed E-state index contributed by atoms with van der Waals surface area (Å²) >= 11 is 0. The standard InChI is InChI=1S/C17H20N2O3/c1-10-7-14(11(2)22-10)17(21)19-16(12-8-13(20)9-12)15-5-3-4-6-18-15/h3-7,12-13,16,20H,8-9H2,1-2H3,(H,19,21). The third-order valence-corrected chi connectivity index (χ3v) is 4.20. The van der Waals surface area contributed by atoms with Gasteiger partial charge in [-0.1, -0.05) is 6.07 Å². The van der Waals surface area contributed by atoms with E-state index in [1.807, 2.05) is 25.1 Å². The number of rotatable bonds is 4. The Morgan fingerprint density at radius 3 is 2.73 bits per heavy atom. The molecule has 22 heavy (non-hydrogen) atoms. The molecule has 0 aromatic carbocycles. The predicted molar refractivity (Wildman–Crippen MR) is 81.4 cm³/mol. The molecule has 0 saturated heterocycles. The second-order valence-electron chi connectivity index (χ2n) is 5.92. The van der Waals surface area contributed by atoms with Crippen LogP contribution in [0.1, 0.15) is 46.5 Å². The Hall–Kier alpha value is -2.14. The Kier molecular flexibility index (Phi) is 3.98. The van der Waals surface area contributed by atoms with Crippen LogP contribution in [-0.4, -0.2) is 22.1 Å². The lowest BCUT2D eigenvalue weighted by molar-refractivity contribution is 0.0228. The summed E-state index contributed by atoms with van der Waals surface area (Å²) in [5.41, 5.74) is 1.38. The number of carbonyl (C=O) groups is 1. The van der Waals surface area contributed by atoms with Crippen LogP contribution in [0.2, 0.25) is 0 Å². The number of amides is 1. The first-order chi connectivity index (χ1) is 10.5. The van der Waals surface area contributed by atoms with Gasteiger partial charge in [0, 0.05) is 6.20 Å². The highest BCUT2D eigenvalue weighted by molar-refractivity contribution is 5.95. The Balaban J connectivity index is 1.81. The van der Waals surface area contributed by atoms with Crippen molar-refractivity contribution >= 4 is 5.91 Å². The lowest BCUT2D eigenvalue weighted by Crippen LogP contribution is -2.41. The molecule has 0 aliphatic heterocycles. The van der Waals surface area contributed by atoms with Crippen molar-refractivity contribution in [3.63, 3.8) is 0 Å². The van der Waals surface area contributed by atoms with Gasteiger partial charge in [-0.25, -0.2) is 0 Å². The number of aromatic nitrogens is 1. The molecule has 1 fully saturated rings. The van der Waals surface area contributed by atoms with Crippen LogP contribution in [0, 0.1) is 19.8 Å². The van der Waals surface area contributed by atoms with Crippen molar-refractivity contribution < 1.29 is 14.3 Å². The number of furan rings is 1. The molecular weight excluding hydrogens is 280 g/mol. The second kappa shape index (κ2) is 5.93. The van der Waals surface area contributed by atoms with Gasteiger partial charge in [0.1, 0.15) is 11.5 Å². The summed E-state index contributed by atoms with van der Waals surface area (Å²) in [6.45, 7) is 3.60. The molecule has 116 valence electrons. The smallest absolute Gasteiger partial charge is 0.255 e. The summed E-state index contributed by atoms with van der Waals surface area (Å²) < 4.78 is 5.42. The van der Waals surface area contributed by atoms with E-state index >= 15 is 0 Å². The zero-order valence-corrected chi connectivity index (χ0v) is 12.7. The summed E-state index contributed by atoms with van der Waals surface area (Å²) in [5.74, 6) is 1.38. The third-order valence-electron chi connectivity index (χ3n) is 4.20. The summed E-state index contributed by atoms with van der Waals surface area (Å²) in [6, 6.07) is 7.22. The fraction of sp³-hybridized carbons (Fsp3) is 0.412. The minimum absolute atomic E-state index is 0.161. The van der Waals surface area contributed by atoms with Crippen LogP contribution in [0.4, 0.5) is 0 Å². The highest BCUT2D eigenvalue weighted by Crippen LogP contribution is 2.37. The minimum atomic E-state index is -0.272. The van der Waals surface area contributed by atoms with Crippen molar-refractivity contribution in [1.29, 1.82) is 0 Å². The molecule has 5 nitrogen and oxygen atoms in total. The molecule has 2 N–H and O–H groups in total. The van der Waals surface area contributed by atoms with Gasteiger partial charge in [0.2, 0.25) is 0 Å². The number of hydrogen-bond acceptors (Lipinski definition) is 4. The molecule has 3 rings (SSSR count). The Morgan fingerprint density at radius 2 is 2.18 bits per heavy atom. The minimum Gasteiger partial charge on any atom is -0.466 e. The average Bonchev–Trinajstić information content (AvgIpc) is 2.81. The number of nitrogens with one attached hydrogen (secondary N) is 1. The molecule has 5 heteroatoms. The fourth-order valence-electron chi connectivity index (χ4n) is 2.97. The molecular formula is C17H20N2O3. The van der Waals surface area contributed by atoms with E-state index in [9.17, 15) is 9.90 Å². The average molecular weight is 300 g/mol. The predicted octanol–water partition coefficient (Wildman–Crippen LogP) is 2.53. The molecule has 0 radical (unpaired) electrons. The molecule has 1 saturated carbocycles. The summed E-state index contributed by atoms with van der Waals surface area (Å²) in [7, 11) is 0. The van der Waals surface area contributed by atoms with E-state index in [-0.39, 0.29) is 24.0 Å². The number of carbonyl (C=O) groups excluding carboxylic acids is 1. The van der Waals surface area contributed by atoms with Crippen molar-refractivity contribution in [2.75, 3.05) is 0 Å². The van der Waals surface area contributed by atoms with Gasteiger partial charge >= 0.3 is 0 Å². The number of pyridine rings is 1. The van der Waals surface area contributed by atoms with E-state index in [0.717, 1.165) is 11.5 Å². The van der Waals surface area contributed by atoms with Crippen molar-refractivity contribution in [3.8, 4) is 0 Å². The Bertz CT molecular complexity index is 660. The van der Waals surface area contributed by atoms with Crippen molar-refractivity contribution in [2.24, 2.45) is 5.92 Å². The monoisotopic (exact) mass is 300 g/mol. The summed E-state index contributed by atoms with van der Waals surface area (Å²) in [6.07, 6.45) is 2.82. The molecule has 2 aromatic heterocycles. The van der Waals surface area contributed by atoms with E-state index in [0.29, 0.717) is 24.2 Å². The lowest BCUT2D eigenvalue weighted by atomic mass is 9.76. The Morgan fingerprint density at radius 1 is 1.41 bits per heavy atom. The van der Waals surface area contributed by atoms with Gasteiger partial charge in [-0.2, -0.15) is 0 Å². The highest BCUT2D eigenvalue weighted by atomic mass is 16.3. The van der Waals surface area contributed by atoms with E-state index in [2.05, 4.69) is 10.3 Å². The molecule has 1 unspecified atom stereocenters. The van der Waals surface area contributed by atoms with Gasteiger partial charge in [-0.15, -0.1) is 0 Å². The second-order valence-corrected chi connectivity index (χ2v) is 5.92. The first kappa shape index (κ1) is 14.8. The van der Waals surface area contributed by atoms with Gasteiger partial charge in [-0.05, 0) is 50.8 Å². The summed E-state index contributed by atoms with van der Waals surface area (Å²) in [5, 5.41) is 12.6. The maximum atomic E-state index is 12.5. The van der Waals surface area contributed by atoms with Gasteiger partial charge in [0.05, 0.1) is 23.4 Å². The van der Waals surface area contributed by atoms with E-state index in [1.54, 1.807) is 19.2 Å². The van der Waals surface area contributed by atoms with E-state index in [4.69, 9.17) is 4.42 Å². The van der Waals surface area contributed by atoms with Crippen LogP contribution in [0.5, 0.6) is 0 Å². The fourth-order valence-corrected chi connectivity index (χ4v) is 2.97. The zero-order chi connectivity index (χ0) is 15.7. The van der Waals surface area contributed by atoms with Crippen LogP contribution < -0.4 is 5.32 Å². The number of nitrogens with zero attached hydrogens (tertiary/aromatic N) is 1. The molecule has 1 atom stereocenters. The molecule has 1 amide bonds. The number of aryl methyl sites for hydroxylation is 2. The topological polar surface area (TPSA) is 75.4 Å². The van der Waals surface area contributed by atoms with Gasteiger partial charge in [0.25, 0.3) is 5.91 Å².